The molecule has 1 spiro atoms. The number of hydrogen-bond donors (Lipinski definition) is 3. The third kappa shape index (κ3) is 3.87. The summed E-state index contributed by atoms with van der Waals surface area (Å²) >= 11 is 0. The van der Waals surface area contributed by atoms with Crippen molar-refractivity contribution in [2.75, 3.05) is 26.7 Å². The van der Waals surface area contributed by atoms with Crippen molar-refractivity contribution in [3.05, 3.63) is 29.8 Å². The number of benzene rings is 1. The van der Waals surface area contributed by atoms with Crippen LogP contribution in [0, 0.1) is 5.41 Å². The van der Waals surface area contributed by atoms with Crippen LogP contribution >= 0.6 is 0 Å². The topological polar surface area (TPSA) is 98.7 Å². The molecule has 138 valence electrons. The van der Waals surface area contributed by atoms with E-state index >= 15 is 0 Å². The van der Waals surface area contributed by atoms with Gasteiger partial charge in [-0.05, 0) is 62.5 Å². The van der Waals surface area contributed by atoms with Crippen molar-refractivity contribution in [1.29, 1.82) is 0 Å². The van der Waals surface area contributed by atoms with Crippen LogP contribution in [0.15, 0.2) is 29.2 Å². The molecule has 1 aromatic rings. The SMILES string of the molecule is CNS(=O)(=O)c1ccc(CN2CC3(CCNCC3)C[C@H]2C(=O)O)cc1. The molecule has 2 aliphatic rings. The molecule has 7 nitrogen and oxygen atoms in total. The van der Waals surface area contributed by atoms with Gasteiger partial charge in [0.1, 0.15) is 6.04 Å². The Morgan fingerprint density at radius 1 is 1.32 bits per heavy atom. The van der Waals surface area contributed by atoms with Gasteiger partial charge in [0.05, 0.1) is 4.90 Å². The van der Waals surface area contributed by atoms with Crippen molar-refractivity contribution in [2.24, 2.45) is 5.41 Å². The van der Waals surface area contributed by atoms with Gasteiger partial charge in [-0.25, -0.2) is 13.1 Å². The number of likely N-dealkylation sites (tertiary alicyclic amines) is 1. The maximum Gasteiger partial charge on any atom is 0.320 e. The molecule has 1 aromatic carbocycles. The Morgan fingerprint density at radius 2 is 1.96 bits per heavy atom. The highest BCUT2D eigenvalue weighted by Gasteiger charge is 2.46. The first kappa shape index (κ1) is 18.3. The number of carboxylic acids is 1. The van der Waals surface area contributed by atoms with Gasteiger partial charge in [-0.3, -0.25) is 9.69 Å². The molecular weight excluding hydrogens is 342 g/mol. The first-order valence-electron chi connectivity index (χ1n) is 8.55. The minimum absolute atomic E-state index is 0.0870. The van der Waals surface area contributed by atoms with Gasteiger partial charge in [-0.2, -0.15) is 0 Å². The summed E-state index contributed by atoms with van der Waals surface area (Å²) in [5.74, 6) is -0.773. The van der Waals surface area contributed by atoms with Gasteiger partial charge < -0.3 is 10.4 Å². The van der Waals surface area contributed by atoms with Gasteiger partial charge in [-0.1, -0.05) is 12.1 Å². The van der Waals surface area contributed by atoms with E-state index in [4.69, 9.17) is 0 Å². The van der Waals surface area contributed by atoms with Crippen molar-refractivity contribution in [2.45, 2.75) is 36.7 Å². The molecule has 8 heteroatoms. The summed E-state index contributed by atoms with van der Waals surface area (Å²) in [5, 5.41) is 13.0. The molecule has 3 rings (SSSR count). The van der Waals surface area contributed by atoms with Crippen LogP contribution in [0.5, 0.6) is 0 Å². The van der Waals surface area contributed by atoms with Crippen molar-refractivity contribution < 1.29 is 18.3 Å². The zero-order chi connectivity index (χ0) is 18.1. The summed E-state index contributed by atoms with van der Waals surface area (Å²) in [6, 6.07) is 6.17. The predicted molar refractivity (Wildman–Crippen MR) is 93.7 cm³/mol. The minimum Gasteiger partial charge on any atom is -0.480 e. The van der Waals surface area contributed by atoms with Crippen molar-refractivity contribution in [3.8, 4) is 0 Å². The third-order valence-corrected chi connectivity index (χ3v) is 6.87. The quantitative estimate of drug-likeness (QED) is 0.706. The van der Waals surface area contributed by atoms with Crippen LogP contribution in [0.1, 0.15) is 24.8 Å². The Labute approximate surface area is 148 Å². The Bertz CT molecular complexity index is 727. The van der Waals surface area contributed by atoms with E-state index in [9.17, 15) is 18.3 Å². The molecule has 2 saturated heterocycles. The summed E-state index contributed by atoms with van der Waals surface area (Å²) in [5.41, 5.74) is 1.01. The lowest BCUT2D eigenvalue weighted by Crippen LogP contribution is -2.38. The number of hydrogen-bond acceptors (Lipinski definition) is 5. The maximum atomic E-state index is 11.8. The number of nitrogens with one attached hydrogen (secondary N) is 2. The fraction of sp³-hybridized carbons (Fsp3) is 0.588. The smallest absolute Gasteiger partial charge is 0.320 e. The summed E-state index contributed by atoms with van der Waals surface area (Å²) in [4.78, 5) is 13.9. The predicted octanol–water partition coefficient (Wildman–Crippen LogP) is 0.623. The normalized spacial score (nSPS) is 23.8. The van der Waals surface area contributed by atoms with Crippen molar-refractivity contribution in [1.82, 2.24) is 14.9 Å². The summed E-state index contributed by atoms with van der Waals surface area (Å²) < 4.78 is 25.9. The molecule has 0 aromatic heterocycles. The number of piperidine rings is 1. The Morgan fingerprint density at radius 3 is 2.52 bits per heavy atom. The monoisotopic (exact) mass is 367 g/mol. The summed E-state index contributed by atoms with van der Waals surface area (Å²) in [6.07, 6.45) is 2.70. The van der Waals surface area contributed by atoms with Crippen LogP contribution in [0.3, 0.4) is 0 Å². The van der Waals surface area contributed by atoms with Gasteiger partial charge in [0.15, 0.2) is 0 Å². The van der Waals surface area contributed by atoms with Crippen LogP contribution in [0.25, 0.3) is 0 Å². The highest BCUT2D eigenvalue weighted by atomic mass is 32.2. The van der Waals surface area contributed by atoms with E-state index in [0.29, 0.717) is 13.0 Å². The summed E-state index contributed by atoms with van der Waals surface area (Å²) in [7, 11) is -2.07. The third-order valence-electron chi connectivity index (χ3n) is 5.44. The molecule has 0 radical (unpaired) electrons. The van der Waals surface area contributed by atoms with Gasteiger partial charge in [0.25, 0.3) is 0 Å². The highest BCUT2D eigenvalue weighted by Crippen LogP contribution is 2.42. The van der Waals surface area contributed by atoms with E-state index < -0.39 is 22.0 Å². The molecule has 0 bridgehead atoms. The molecule has 0 aliphatic carbocycles. The van der Waals surface area contributed by atoms with Crippen LogP contribution in [-0.2, 0) is 21.4 Å². The zero-order valence-corrected chi connectivity index (χ0v) is 15.2. The molecule has 3 N–H and O–H groups in total. The number of sulfonamides is 1. The number of carbonyl (C=O) groups is 1. The largest absolute Gasteiger partial charge is 0.480 e. The second kappa shape index (κ2) is 7.03. The van der Waals surface area contributed by atoms with Crippen LogP contribution in [-0.4, -0.2) is 57.1 Å². The molecule has 1 atom stereocenters. The zero-order valence-electron chi connectivity index (χ0n) is 14.4. The molecular formula is C17H25N3O4S. The molecule has 0 saturated carbocycles. The van der Waals surface area contributed by atoms with Crippen LogP contribution in [0.2, 0.25) is 0 Å². The summed E-state index contributed by atoms with van der Waals surface area (Å²) in [6.45, 7) is 3.18. The van der Waals surface area contributed by atoms with E-state index in [1.165, 1.54) is 7.05 Å². The van der Waals surface area contributed by atoms with Gasteiger partial charge in [0, 0.05) is 13.1 Å². The standard InChI is InChI=1S/C17H25N3O4S/c1-18-25(23,24)14-4-2-13(3-5-14)11-20-12-17(6-8-19-9-7-17)10-15(20)16(21)22/h2-5,15,18-19H,6-12H2,1H3,(H,21,22)/t15-/m0/s1. The lowest BCUT2D eigenvalue weighted by atomic mass is 9.77. The Kier molecular flexibility index (Phi) is 5.15. The molecule has 2 fully saturated rings. The number of aliphatic carboxylic acids is 1. The molecule has 0 amide bonds. The molecule has 2 heterocycles. The first-order valence-corrected chi connectivity index (χ1v) is 10.0. The second-order valence-corrected chi connectivity index (χ2v) is 8.95. The van der Waals surface area contributed by atoms with E-state index in [1.54, 1.807) is 24.3 Å². The fourth-order valence-corrected chi connectivity index (χ4v) is 4.73. The van der Waals surface area contributed by atoms with Crippen molar-refractivity contribution >= 4 is 16.0 Å². The average Bonchev–Trinajstić information content (AvgIpc) is 2.94. The van der Waals surface area contributed by atoms with E-state index in [1.807, 2.05) is 4.90 Å². The minimum atomic E-state index is -3.45. The van der Waals surface area contributed by atoms with Gasteiger partial charge >= 0.3 is 5.97 Å². The average molecular weight is 367 g/mol. The first-order chi connectivity index (χ1) is 11.9. The van der Waals surface area contributed by atoms with Gasteiger partial charge in [-0.15, -0.1) is 0 Å². The number of rotatable bonds is 5. The fourth-order valence-electron chi connectivity index (χ4n) is 4.00. The lowest BCUT2D eigenvalue weighted by molar-refractivity contribution is -0.142. The van der Waals surface area contributed by atoms with E-state index in [0.717, 1.165) is 38.0 Å². The molecule has 25 heavy (non-hydrogen) atoms. The second-order valence-electron chi connectivity index (χ2n) is 7.06. The number of nitrogens with zero attached hydrogens (tertiary/aromatic N) is 1. The van der Waals surface area contributed by atoms with E-state index in [2.05, 4.69) is 10.0 Å². The highest BCUT2D eigenvalue weighted by molar-refractivity contribution is 7.89. The van der Waals surface area contributed by atoms with Crippen molar-refractivity contribution in [3.63, 3.8) is 0 Å². The molecule has 2 aliphatic heterocycles. The van der Waals surface area contributed by atoms with Crippen LogP contribution in [0.4, 0.5) is 0 Å². The lowest BCUT2D eigenvalue weighted by Gasteiger charge is -2.33. The Hall–Kier alpha value is -1.48. The molecule has 0 unspecified atom stereocenters. The van der Waals surface area contributed by atoms with E-state index in [-0.39, 0.29) is 10.3 Å². The number of carboxylic acid groups (broad SMARTS) is 1. The Balaban J connectivity index is 1.75. The maximum absolute atomic E-state index is 11.8. The van der Waals surface area contributed by atoms with Gasteiger partial charge in [0.2, 0.25) is 10.0 Å². The van der Waals surface area contributed by atoms with Crippen LogP contribution < -0.4 is 10.0 Å².